The Morgan fingerprint density at radius 1 is 1.33 bits per heavy atom. The highest BCUT2D eigenvalue weighted by Gasteiger charge is 2.40. The summed E-state index contributed by atoms with van der Waals surface area (Å²) in [7, 11) is 0. The largest absolute Gasteiger partial charge is 0.490 e. The Balaban J connectivity index is 1.65. The molecule has 2 aliphatic rings. The molecule has 2 fully saturated rings. The van der Waals surface area contributed by atoms with Crippen LogP contribution in [0.3, 0.4) is 0 Å². The van der Waals surface area contributed by atoms with Crippen molar-refractivity contribution in [1.29, 1.82) is 0 Å². The highest BCUT2D eigenvalue weighted by atomic mass is 16.5. The van der Waals surface area contributed by atoms with E-state index in [4.69, 9.17) is 15.2 Å². The lowest BCUT2D eigenvalue weighted by Crippen LogP contribution is -2.41. The predicted molar refractivity (Wildman–Crippen MR) is 83.2 cm³/mol. The molecule has 1 heterocycles. The first-order valence-corrected chi connectivity index (χ1v) is 7.89. The lowest BCUT2D eigenvalue weighted by atomic mass is 9.90. The average Bonchev–Trinajstić information content (AvgIpc) is 2.93. The molecular weight excluding hydrogens is 262 g/mol. The molecule has 1 aliphatic heterocycles. The zero-order valence-corrected chi connectivity index (χ0v) is 12.4. The van der Waals surface area contributed by atoms with Crippen LogP contribution in [0.5, 0.6) is 5.75 Å². The number of rotatable bonds is 2. The maximum Gasteiger partial charge on any atom is 0.120 e. The summed E-state index contributed by atoms with van der Waals surface area (Å²) in [6.45, 7) is 1.20. The first-order chi connectivity index (χ1) is 10.3. The van der Waals surface area contributed by atoms with Gasteiger partial charge in [-0.15, -0.1) is 0 Å². The summed E-state index contributed by atoms with van der Waals surface area (Å²) in [5, 5.41) is 0. The van der Waals surface area contributed by atoms with E-state index in [1.54, 1.807) is 0 Å². The monoisotopic (exact) mass is 285 g/mol. The van der Waals surface area contributed by atoms with Gasteiger partial charge >= 0.3 is 0 Å². The van der Waals surface area contributed by atoms with E-state index < -0.39 is 0 Å². The van der Waals surface area contributed by atoms with Gasteiger partial charge in [-0.05, 0) is 31.0 Å². The third-order valence-corrected chi connectivity index (χ3v) is 4.43. The zero-order valence-electron chi connectivity index (χ0n) is 12.4. The Hall–Kier alpha value is -1.50. The number of hydrogen-bond donors (Lipinski definition) is 1. The fourth-order valence-electron chi connectivity index (χ4n) is 3.44. The zero-order chi connectivity index (χ0) is 14.5. The summed E-state index contributed by atoms with van der Waals surface area (Å²) in [5.41, 5.74) is 6.47. The van der Waals surface area contributed by atoms with E-state index in [0.29, 0.717) is 6.54 Å². The number of hydrogen-bond acceptors (Lipinski definition) is 3. The molecule has 21 heavy (non-hydrogen) atoms. The topological polar surface area (TPSA) is 44.5 Å². The third-order valence-electron chi connectivity index (χ3n) is 4.43. The maximum absolute atomic E-state index is 6.18. The van der Waals surface area contributed by atoms with Gasteiger partial charge in [0, 0.05) is 18.4 Å². The molecule has 1 saturated carbocycles. The lowest BCUT2D eigenvalue weighted by Gasteiger charge is -2.38. The molecule has 1 aliphatic carbocycles. The lowest BCUT2D eigenvalue weighted by molar-refractivity contribution is -0.108. The van der Waals surface area contributed by atoms with Crippen molar-refractivity contribution in [1.82, 2.24) is 0 Å². The summed E-state index contributed by atoms with van der Waals surface area (Å²) >= 11 is 0. The van der Waals surface area contributed by atoms with Crippen LogP contribution in [-0.4, -0.2) is 24.9 Å². The second kappa shape index (κ2) is 6.51. The van der Waals surface area contributed by atoms with Gasteiger partial charge in [-0.3, -0.25) is 0 Å². The Labute approximate surface area is 126 Å². The van der Waals surface area contributed by atoms with E-state index in [2.05, 4.69) is 11.8 Å². The molecule has 1 spiro atoms. The quantitative estimate of drug-likeness (QED) is 0.850. The van der Waals surface area contributed by atoms with Gasteiger partial charge in [-0.25, -0.2) is 0 Å². The Morgan fingerprint density at radius 2 is 2.19 bits per heavy atom. The van der Waals surface area contributed by atoms with Crippen molar-refractivity contribution in [3.63, 3.8) is 0 Å². The highest BCUT2D eigenvalue weighted by molar-refractivity contribution is 5.40. The van der Waals surface area contributed by atoms with Crippen LogP contribution in [0.25, 0.3) is 0 Å². The van der Waals surface area contributed by atoms with E-state index in [1.807, 2.05) is 24.3 Å². The molecule has 3 rings (SSSR count). The Bertz CT molecular complexity index is 538. The van der Waals surface area contributed by atoms with Crippen LogP contribution in [0.4, 0.5) is 0 Å². The molecule has 0 radical (unpaired) electrons. The molecule has 0 amide bonds. The maximum atomic E-state index is 6.18. The van der Waals surface area contributed by atoms with Crippen molar-refractivity contribution in [3.05, 3.63) is 29.8 Å². The van der Waals surface area contributed by atoms with Crippen molar-refractivity contribution in [2.24, 2.45) is 5.73 Å². The van der Waals surface area contributed by atoms with Crippen LogP contribution in [0.2, 0.25) is 0 Å². The molecule has 1 aromatic carbocycles. The minimum Gasteiger partial charge on any atom is -0.490 e. The highest BCUT2D eigenvalue weighted by Crippen LogP contribution is 2.40. The van der Waals surface area contributed by atoms with Gasteiger partial charge in [-0.1, -0.05) is 30.7 Å². The van der Waals surface area contributed by atoms with E-state index in [0.717, 1.165) is 30.8 Å². The second-order valence-electron chi connectivity index (χ2n) is 6.00. The van der Waals surface area contributed by atoms with Crippen molar-refractivity contribution in [2.45, 2.75) is 50.2 Å². The summed E-state index contributed by atoms with van der Waals surface area (Å²) in [6.07, 6.45) is 7.21. The van der Waals surface area contributed by atoms with Crippen molar-refractivity contribution < 1.29 is 9.47 Å². The number of ether oxygens (including phenoxy) is 2. The SMILES string of the molecule is NCC#Cc1cccc(OC2CCOC3(CCCC3)C2)c1. The molecule has 3 heteroatoms. The van der Waals surface area contributed by atoms with Crippen molar-refractivity contribution in [2.75, 3.05) is 13.2 Å². The molecule has 112 valence electrons. The third kappa shape index (κ3) is 3.58. The molecule has 1 atom stereocenters. The summed E-state index contributed by atoms with van der Waals surface area (Å²) in [6, 6.07) is 7.97. The van der Waals surface area contributed by atoms with Crippen LogP contribution < -0.4 is 10.5 Å². The van der Waals surface area contributed by atoms with Gasteiger partial charge in [0.25, 0.3) is 0 Å². The summed E-state index contributed by atoms with van der Waals surface area (Å²) < 4.78 is 12.2. The van der Waals surface area contributed by atoms with Gasteiger partial charge in [-0.2, -0.15) is 0 Å². The smallest absolute Gasteiger partial charge is 0.120 e. The summed E-state index contributed by atoms with van der Waals surface area (Å²) in [5.74, 6) is 6.83. The van der Waals surface area contributed by atoms with Crippen LogP contribution >= 0.6 is 0 Å². The average molecular weight is 285 g/mol. The van der Waals surface area contributed by atoms with Crippen molar-refractivity contribution in [3.8, 4) is 17.6 Å². The predicted octanol–water partition coefficient (Wildman–Crippen LogP) is 2.87. The van der Waals surface area contributed by atoms with Gasteiger partial charge in [0.15, 0.2) is 0 Å². The van der Waals surface area contributed by atoms with Crippen LogP contribution in [-0.2, 0) is 4.74 Å². The molecule has 1 aromatic rings. The van der Waals surface area contributed by atoms with E-state index in [-0.39, 0.29) is 11.7 Å². The minimum atomic E-state index is 0.0971. The molecule has 1 saturated heterocycles. The van der Waals surface area contributed by atoms with Gasteiger partial charge in [0.2, 0.25) is 0 Å². The molecular formula is C18H23NO2. The molecule has 0 aromatic heterocycles. The second-order valence-corrected chi connectivity index (χ2v) is 6.00. The van der Waals surface area contributed by atoms with Crippen LogP contribution in [0, 0.1) is 11.8 Å². The normalized spacial score (nSPS) is 23.6. The molecule has 2 N–H and O–H groups in total. The minimum absolute atomic E-state index is 0.0971. The Morgan fingerprint density at radius 3 is 3.00 bits per heavy atom. The van der Waals surface area contributed by atoms with E-state index >= 15 is 0 Å². The van der Waals surface area contributed by atoms with E-state index in [1.165, 1.54) is 25.7 Å². The first kappa shape index (κ1) is 14.4. The standard InChI is InChI=1S/C18H23NO2/c19-11-4-6-15-5-3-7-16(13-15)21-17-8-12-20-18(14-17)9-1-2-10-18/h3,5,7,13,17H,1-2,8-12,14,19H2. The van der Waals surface area contributed by atoms with E-state index in [9.17, 15) is 0 Å². The fraction of sp³-hybridized carbons (Fsp3) is 0.556. The van der Waals surface area contributed by atoms with Crippen molar-refractivity contribution >= 4 is 0 Å². The number of benzene rings is 1. The molecule has 1 unspecified atom stereocenters. The molecule has 3 nitrogen and oxygen atoms in total. The van der Waals surface area contributed by atoms with Gasteiger partial charge in [0.1, 0.15) is 11.9 Å². The van der Waals surface area contributed by atoms with Crippen LogP contribution in [0.1, 0.15) is 44.1 Å². The van der Waals surface area contributed by atoms with Gasteiger partial charge < -0.3 is 15.2 Å². The number of nitrogens with two attached hydrogens (primary N) is 1. The fourth-order valence-corrected chi connectivity index (χ4v) is 3.44. The van der Waals surface area contributed by atoms with Gasteiger partial charge in [0.05, 0.1) is 18.8 Å². The molecule has 0 bridgehead atoms. The van der Waals surface area contributed by atoms with Crippen LogP contribution in [0.15, 0.2) is 24.3 Å². The first-order valence-electron chi connectivity index (χ1n) is 7.89. The summed E-state index contributed by atoms with van der Waals surface area (Å²) in [4.78, 5) is 0. The Kier molecular flexibility index (Phi) is 4.48.